The van der Waals surface area contributed by atoms with Crippen LogP contribution in [0.3, 0.4) is 0 Å². The number of aromatic nitrogens is 3. The summed E-state index contributed by atoms with van der Waals surface area (Å²) in [5.74, 6) is 0.231. The average Bonchev–Trinajstić information content (AvgIpc) is 2.99. The highest BCUT2D eigenvalue weighted by atomic mass is 79.9. The Bertz CT molecular complexity index is 1070. The van der Waals surface area contributed by atoms with Gasteiger partial charge < -0.3 is 9.16 Å². The lowest BCUT2D eigenvalue weighted by molar-refractivity contribution is -0.0338. The smallest absolute Gasteiger partial charge is 0.334 e. The van der Waals surface area contributed by atoms with Crippen molar-refractivity contribution >= 4 is 41.1 Å². The first-order chi connectivity index (χ1) is 15.1. The topological polar surface area (TPSA) is 58.3 Å². The minimum absolute atomic E-state index is 0.00573. The second-order valence-electron chi connectivity index (χ2n) is 10.8. The van der Waals surface area contributed by atoms with Crippen LogP contribution in [0.1, 0.15) is 52.9 Å². The summed E-state index contributed by atoms with van der Waals surface area (Å²) in [6, 6.07) is 2.01. The van der Waals surface area contributed by atoms with Crippen molar-refractivity contribution in [1.82, 2.24) is 14.1 Å². The van der Waals surface area contributed by atoms with E-state index in [1.165, 1.54) is 6.42 Å². The van der Waals surface area contributed by atoms with E-state index in [0.29, 0.717) is 19.8 Å². The van der Waals surface area contributed by atoms with Crippen LogP contribution in [0.5, 0.6) is 0 Å². The van der Waals surface area contributed by atoms with Gasteiger partial charge in [-0.25, -0.2) is 14.3 Å². The minimum atomic E-state index is -1.87. The summed E-state index contributed by atoms with van der Waals surface area (Å²) in [4.78, 5) is 18.2. The molecule has 0 spiro atoms. The summed E-state index contributed by atoms with van der Waals surface area (Å²) in [7, 11) is -1.87. The van der Waals surface area contributed by atoms with Gasteiger partial charge in [0.2, 0.25) is 0 Å². The third kappa shape index (κ3) is 4.83. The molecule has 2 aliphatic rings. The summed E-state index contributed by atoms with van der Waals surface area (Å²) < 4.78 is 17.2. The van der Waals surface area contributed by atoms with Crippen LogP contribution in [0.15, 0.2) is 27.6 Å². The van der Waals surface area contributed by atoms with Gasteiger partial charge in [0.15, 0.2) is 14.0 Å². The van der Waals surface area contributed by atoms with Crippen LogP contribution >= 0.6 is 15.9 Å². The van der Waals surface area contributed by atoms with Crippen LogP contribution in [0.2, 0.25) is 18.1 Å². The lowest BCUT2D eigenvalue weighted by Gasteiger charge is -2.41. The summed E-state index contributed by atoms with van der Waals surface area (Å²) in [5.41, 5.74) is 2.71. The Kier molecular flexibility index (Phi) is 6.88. The molecule has 176 valence electrons. The molecular weight excluding hydrogens is 486 g/mol. The van der Waals surface area contributed by atoms with E-state index in [9.17, 15) is 4.79 Å². The summed E-state index contributed by atoms with van der Waals surface area (Å²) >= 11 is 3.54. The SMILES string of the molecule is CC(C)(C)[Si](C)(C)O[C@@H]1COC[C@H](Cn2c(=O)n(C3=CCCCC3)c3ncc(Br)cc32)C1. The van der Waals surface area contributed by atoms with Crippen LogP contribution in [-0.4, -0.2) is 41.8 Å². The van der Waals surface area contributed by atoms with Crippen LogP contribution in [0, 0.1) is 5.92 Å². The van der Waals surface area contributed by atoms with Crippen LogP contribution in [-0.2, 0) is 15.7 Å². The van der Waals surface area contributed by atoms with E-state index >= 15 is 0 Å². The molecule has 2 atom stereocenters. The lowest BCUT2D eigenvalue weighted by atomic mass is 10.0. The number of allylic oxidation sites excluding steroid dienone is 2. The number of nitrogens with zero attached hydrogens (tertiary/aromatic N) is 3. The fraction of sp³-hybridized carbons (Fsp3) is 0.667. The fourth-order valence-corrected chi connectivity index (χ4v) is 6.17. The number of fused-ring (bicyclic) bond motifs is 1. The molecule has 0 bridgehead atoms. The molecule has 1 saturated heterocycles. The van der Waals surface area contributed by atoms with Gasteiger partial charge in [-0.1, -0.05) is 26.8 Å². The van der Waals surface area contributed by atoms with Crippen LogP contribution in [0.4, 0.5) is 0 Å². The van der Waals surface area contributed by atoms with E-state index < -0.39 is 8.32 Å². The summed E-state index contributed by atoms with van der Waals surface area (Å²) in [6.45, 7) is 13.3. The van der Waals surface area contributed by atoms with E-state index in [2.05, 4.69) is 60.9 Å². The molecule has 6 nitrogen and oxygen atoms in total. The number of ether oxygens (including phenoxy) is 1. The highest BCUT2D eigenvalue weighted by Gasteiger charge is 2.40. The third-order valence-corrected chi connectivity index (χ3v) is 12.2. The van der Waals surface area contributed by atoms with Crippen LogP contribution < -0.4 is 5.69 Å². The molecule has 1 aliphatic heterocycles. The molecule has 1 aliphatic carbocycles. The number of halogens is 1. The Morgan fingerprint density at radius 3 is 2.75 bits per heavy atom. The Morgan fingerprint density at radius 1 is 1.28 bits per heavy atom. The Labute approximate surface area is 200 Å². The average molecular weight is 523 g/mol. The maximum atomic E-state index is 13.6. The lowest BCUT2D eigenvalue weighted by Crippen LogP contribution is -2.47. The molecular formula is C24H36BrN3O3Si. The summed E-state index contributed by atoms with van der Waals surface area (Å²) in [6.07, 6.45) is 9.22. The van der Waals surface area contributed by atoms with Crippen molar-refractivity contribution in [3.8, 4) is 0 Å². The maximum Gasteiger partial charge on any atom is 0.334 e. The number of imidazole rings is 1. The van der Waals surface area contributed by atoms with Gasteiger partial charge in [-0.15, -0.1) is 0 Å². The van der Waals surface area contributed by atoms with Crippen molar-refractivity contribution < 1.29 is 9.16 Å². The third-order valence-electron chi connectivity index (χ3n) is 7.25. The van der Waals surface area contributed by atoms with E-state index in [1.807, 2.05) is 15.2 Å². The van der Waals surface area contributed by atoms with E-state index in [4.69, 9.17) is 9.16 Å². The molecule has 0 radical (unpaired) electrons. The molecule has 2 aromatic rings. The van der Waals surface area contributed by atoms with Crippen molar-refractivity contribution in [3.05, 3.63) is 33.3 Å². The number of rotatable bonds is 5. The van der Waals surface area contributed by atoms with E-state index in [-0.39, 0.29) is 22.7 Å². The first-order valence-electron chi connectivity index (χ1n) is 11.8. The molecule has 3 heterocycles. The molecule has 4 rings (SSSR count). The minimum Gasteiger partial charge on any atom is -0.412 e. The Hall–Kier alpha value is -1.22. The molecule has 0 N–H and O–H groups in total. The first kappa shape index (κ1) is 23.9. The van der Waals surface area contributed by atoms with Crippen molar-refractivity contribution in [2.45, 2.75) is 83.7 Å². The zero-order valence-corrected chi connectivity index (χ0v) is 22.6. The monoisotopic (exact) mass is 521 g/mol. The van der Waals surface area contributed by atoms with Gasteiger partial charge in [0.1, 0.15) is 0 Å². The Balaban J connectivity index is 1.62. The second-order valence-corrected chi connectivity index (χ2v) is 16.5. The van der Waals surface area contributed by atoms with Crippen molar-refractivity contribution in [2.24, 2.45) is 5.92 Å². The normalized spacial score (nSPS) is 22.9. The first-order valence-corrected chi connectivity index (χ1v) is 15.5. The van der Waals surface area contributed by atoms with Crippen LogP contribution in [0.25, 0.3) is 16.9 Å². The maximum absolute atomic E-state index is 13.6. The molecule has 1 fully saturated rings. The molecule has 0 aromatic carbocycles. The van der Waals surface area contributed by atoms with Gasteiger partial charge in [0.05, 0.1) is 24.8 Å². The molecule has 0 amide bonds. The second kappa shape index (κ2) is 9.20. The summed E-state index contributed by atoms with van der Waals surface area (Å²) in [5, 5.41) is 0.163. The molecule has 2 aromatic heterocycles. The van der Waals surface area contributed by atoms with Crippen molar-refractivity contribution in [1.29, 1.82) is 0 Å². The van der Waals surface area contributed by atoms with Crippen molar-refractivity contribution in [2.75, 3.05) is 13.2 Å². The zero-order valence-electron chi connectivity index (χ0n) is 20.0. The standard InChI is InChI=1S/C24H36BrN3O3Si/c1-24(2,3)32(4,5)31-20-11-17(15-30-16-20)14-27-21-12-18(25)13-26-22(21)28(23(27)29)19-9-7-6-8-10-19/h9,12-13,17,20H,6-8,10-11,14-16H2,1-5H3/t17-,20-/m0/s1. The van der Waals surface area contributed by atoms with Gasteiger partial charge in [0.25, 0.3) is 0 Å². The van der Waals surface area contributed by atoms with E-state index in [0.717, 1.165) is 47.0 Å². The highest BCUT2D eigenvalue weighted by Crippen LogP contribution is 2.38. The largest absolute Gasteiger partial charge is 0.412 e. The number of hydrogen-bond acceptors (Lipinski definition) is 4. The highest BCUT2D eigenvalue weighted by molar-refractivity contribution is 9.10. The number of hydrogen-bond donors (Lipinski definition) is 0. The Morgan fingerprint density at radius 2 is 2.06 bits per heavy atom. The predicted molar refractivity (Wildman–Crippen MR) is 135 cm³/mol. The quantitative estimate of drug-likeness (QED) is 0.466. The van der Waals surface area contributed by atoms with E-state index in [1.54, 1.807) is 6.20 Å². The van der Waals surface area contributed by atoms with Gasteiger partial charge in [-0.3, -0.25) is 4.57 Å². The van der Waals surface area contributed by atoms with Gasteiger partial charge >= 0.3 is 5.69 Å². The van der Waals surface area contributed by atoms with Gasteiger partial charge in [0, 0.05) is 28.8 Å². The number of pyridine rings is 1. The van der Waals surface area contributed by atoms with Gasteiger partial charge in [-0.05, 0) is 72.2 Å². The predicted octanol–water partition coefficient (Wildman–Crippen LogP) is 5.80. The molecule has 8 heteroatoms. The fourth-order valence-electron chi connectivity index (χ4n) is 4.50. The van der Waals surface area contributed by atoms with Crippen molar-refractivity contribution in [3.63, 3.8) is 0 Å². The molecule has 0 unspecified atom stereocenters. The van der Waals surface area contributed by atoms with Gasteiger partial charge in [-0.2, -0.15) is 0 Å². The zero-order chi connectivity index (χ0) is 23.1. The molecule has 32 heavy (non-hydrogen) atoms. The molecule has 0 saturated carbocycles.